The molecule has 1 atom stereocenters. The van der Waals surface area contributed by atoms with E-state index in [1.54, 1.807) is 20.8 Å². The summed E-state index contributed by atoms with van der Waals surface area (Å²) in [6.45, 7) is 5.76. The average Bonchev–Trinajstić information content (AvgIpc) is 2.50. The van der Waals surface area contributed by atoms with Crippen LogP contribution in [-0.4, -0.2) is 29.4 Å². The molecule has 1 aromatic carbocycles. The van der Waals surface area contributed by atoms with Gasteiger partial charge >= 0.3 is 5.97 Å². The Morgan fingerprint density at radius 1 is 1.16 bits per heavy atom. The third kappa shape index (κ3) is 7.78. The molecule has 1 unspecified atom stereocenters. The lowest BCUT2D eigenvalue weighted by atomic mass is 9.96. The van der Waals surface area contributed by atoms with Crippen molar-refractivity contribution in [3.63, 3.8) is 0 Å². The number of carbonyl (C=O) groups is 3. The van der Waals surface area contributed by atoms with Gasteiger partial charge in [-0.25, -0.2) is 4.39 Å². The Kier molecular flexibility index (Phi) is 7.54. The van der Waals surface area contributed by atoms with Gasteiger partial charge in [0, 0.05) is 18.4 Å². The lowest BCUT2D eigenvalue weighted by molar-refractivity contribution is -0.138. The van der Waals surface area contributed by atoms with Gasteiger partial charge in [-0.3, -0.25) is 14.4 Å². The fourth-order valence-corrected chi connectivity index (χ4v) is 2.10. The minimum atomic E-state index is -1.06. The quantitative estimate of drug-likeness (QED) is 0.626. The first-order valence-electron chi connectivity index (χ1n) is 8.14. The molecule has 2 amide bonds. The number of halogens is 1. The van der Waals surface area contributed by atoms with Crippen LogP contribution in [-0.2, 0) is 14.4 Å². The van der Waals surface area contributed by atoms with E-state index in [2.05, 4.69) is 10.6 Å². The van der Waals surface area contributed by atoms with Crippen molar-refractivity contribution in [1.29, 1.82) is 0 Å². The van der Waals surface area contributed by atoms with E-state index in [9.17, 15) is 18.8 Å². The first-order chi connectivity index (χ1) is 11.6. The van der Waals surface area contributed by atoms with E-state index >= 15 is 0 Å². The molecule has 1 rings (SSSR count). The smallest absolute Gasteiger partial charge is 0.305 e. The second-order valence-corrected chi connectivity index (χ2v) is 6.88. The highest BCUT2D eigenvalue weighted by Crippen LogP contribution is 2.18. The first kappa shape index (κ1) is 20.6. The number of benzene rings is 1. The minimum absolute atomic E-state index is 0.0945. The fourth-order valence-electron chi connectivity index (χ4n) is 2.10. The Bertz CT molecular complexity index is 608. The molecule has 3 N–H and O–H groups in total. The molecule has 0 saturated heterocycles. The molecule has 0 aromatic heterocycles. The van der Waals surface area contributed by atoms with Gasteiger partial charge in [-0.05, 0) is 24.1 Å². The molecule has 7 heteroatoms. The van der Waals surface area contributed by atoms with Crippen molar-refractivity contribution in [1.82, 2.24) is 10.6 Å². The summed E-state index contributed by atoms with van der Waals surface area (Å²) in [4.78, 5) is 34.7. The standard InChI is InChI=1S/C18H25FN2O4/c1-18(2,3)17(25)20-10-4-5-15(22)21-14(11-16(23)24)12-6-8-13(19)9-7-12/h6-9,14H,4-5,10-11H2,1-3H3,(H,20,25)(H,21,22)(H,23,24). The maximum atomic E-state index is 13.0. The largest absolute Gasteiger partial charge is 0.481 e. The SMILES string of the molecule is CC(C)(C)C(=O)NCCCC(=O)NC(CC(=O)O)c1ccc(F)cc1. The molecule has 0 saturated carbocycles. The highest BCUT2D eigenvalue weighted by Gasteiger charge is 2.21. The summed E-state index contributed by atoms with van der Waals surface area (Å²) >= 11 is 0. The number of rotatable bonds is 8. The van der Waals surface area contributed by atoms with Crippen molar-refractivity contribution in [3.05, 3.63) is 35.6 Å². The molecular weight excluding hydrogens is 327 g/mol. The highest BCUT2D eigenvalue weighted by molar-refractivity contribution is 5.81. The number of aliphatic carboxylic acids is 1. The Morgan fingerprint density at radius 3 is 2.28 bits per heavy atom. The van der Waals surface area contributed by atoms with Crippen LogP contribution in [0.3, 0.4) is 0 Å². The Labute approximate surface area is 146 Å². The predicted octanol–water partition coefficient (Wildman–Crippen LogP) is 2.40. The zero-order valence-corrected chi connectivity index (χ0v) is 14.8. The van der Waals surface area contributed by atoms with Crippen molar-refractivity contribution >= 4 is 17.8 Å². The zero-order chi connectivity index (χ0) is 19.0. The van der Waals surface area contributed by atoms with Gasteiger partial charge in [0.2, 0.25) is 11.8 Å². The van der Waals surface area contributed by atoms with E-state index in [0.717, 1.165) is 0 Å². The van der Waals surface area contributed by atoms with E-state index < -0.39 is 23.2 Å². The van der Waals surface area contributed by atoms with Crippen molar-refractivity contribution in [2.45, 2.75) is 46.1 Å². The van der Waals surface area contributed by atoms with Gasteiger partial charge in [0.15, 0.2) is 0 Å². The molecule has 0 aliphatic carbocycles. The van der Waals surface area contributed by atoms with Crippen LogP contribution in [0, 0.1) is 11.2 Å². The third-order valence-electron chi connectivity index (χ3n) is 3.53. The highest BCUT2D eigenvalue weighted by atomic mass is 19.1. The van der Waals surface area contributed by atoms with Crippen molar-refractivity contribution in [3.8, 4) is 0 Å². The normalized spacial score (nSPS) is 12.3. The summed E-state index contributed by atoms with van der Waals surface area (Å²) in [7, 11) is 0. The van der Waals surface area contributed by atoms with Crippen molar-refractivity contribution in [2.24, 2.45) is 5.41 Å². The number of carbonyl (C=O) groups excluding carboxylic acids is 2. The molecule has 0 radical (unpaired) electrons. The van der Waals surface area contributed by atoms with Crippen LogP contribution in [0.25, 0.3) is 0 Å². The molecule has 0 aliphatic rings. The third-order valence-corrected chi connectivity index (χ3v) is 3.53. The minimum Gasteiger partial charge on any atom is -0.481 e. The first-order valence-corrected chi connectivity index (χ1v) is 8.14. The lowest BCUT2D eigenvalue weighted by Crippen LogP contribution is -2.36. The molecule has 0 bridgehead atoms. The second-order valence-electron chi connectivity index (χ2n) is 6.88. The van der Waals surface area contributed by atoms with E-state index in [0.29, 0.717) is 18.5 Å². The van der Waals surface area contributed by atoms with Crippen molar-refractivity contribution in [2.75, 3.05) is 6.54 Å². The number of hydrogen-bond donors (Lipinski definition) is 3. The fraction of sp³-hybridized carbons (Fsp3) is 0.500. The number of amides is 2. The van der Waals surface area contributed by atoms with Gasteiger partial charge in [0.05, 0.1) is 12.5 Å². The summed E-state index contributed by atoms with van der Waals surface area (Å²) in [5, 5.41) is 14.4. The van der Waals surface area contributed by atoms with Crippen LogP contribution in [0.5, 0.6) is 0 Å². The second kappa shape index (κ2) is 9.15. The zero-order valence-electron chi connectivity index (χ0n) is 14.8. The van der Waals surface area contributed by atoms with Gasteiger partial charge in [-0.2, -0.15) is 0 Å². The molecule has 138 valence electrons. The van der Waals surface area contributed by atoms with Crippen LogP contribution in [0.4, 0.5) is 4.39 Å². The Balaban J connectivity index is 2.51. The molecule has 1 aromatic rings. The predicted molar refractivity (Wildman–Crippen MR) is 91.2 cm³/mol. The van der Waals surface area contributed by atoms with Gasteiger partial charge in [-0.1, -0.05) is 32.9 Å². The van der Waals surface area contributed by atoms with Crippen LogP contribution < -0.4 is 10.6 Å². The summed E-state index contributed by atoms with van der Waals surface area (Å²) in [5.41, 5.74) is 0.0374. The van der Waals surface area contributed by atoms with Gasteiger partial charge in [-0.15, -0.1) is 0 Å². The number of carboxylic acid groups (broad SMARTS) is 1. The van der Waals surface area contributed by atoms with E-state index in [4.69, 9.17) is 5.11 Å². The van der Waals surface area contributed by atoms with E-state index in [1.807, 2.05) is 0 Å². The average molecular weight is 352 g/mol. The summed E-state index contributed by atoms with van der Waals surface area (Å²) < 4.78 is 13.0. The summed E-state index contributed by atoms with van der Waals surface area (Å²) in [6.07, 6.45) is 0.302. The maximum Gasteiger partial charge on any atom is 0.305 e. The molecule has 25 heavy (non-hydrogen) atoms. The topological polar surface area (TPSA) is 95.5 Å². The Morgan fingerprint density at radius 2 is 1.76 bits per heavy atom. The summed E-state index contributed by atoms with van der Waals surface area (Å²) in [5.74, 6) is -1.91. The maximum absolute atomic E-state index is 13.0. The van der Waals surface area contributed by atoms with Gasteiger partial charge in [0.1, 0.15) is 5.82 Å². The molecule has 0 heterocycles. The monoisotopic (exact) mass is 352 g/mol. The molecule has 6 nitrogen and oxygen atoms in total. The van der Waals surface area contributed by atoms with Crippen LogP contribution in [0.2, 0.25) is 0 Å². The molecule has 0 fully saturated rings. The summed E-state index contributed by atoms with van der Waals surface area (Å²) in [6, 6.07) is 4.62. The lowest BCUT2D eigenvalue weighted by Gasteiger charge is -2.19. The number of hydrogen-bond acceptors (Lipinski definition) is 3. The van der Waals surface area contributed by atoms with Crippen molar-refractivity contribution < 1.29 is 23.9 Å². The van der Waals surface area contributed by atoms with E-state index in [1.165, 1.54) is 24.3 Å². The Hall–Kier alpha value is -2.44. The molecule has 0 spiro atoms. The number of nitrogens with one attached hydrogen (secondary N) is 2. The molecule has 0 aliphatic heterocycles. The van der Waals surface area contributed by atoms with Crippen LogP contribution in [0.1, 0.15) is 51.6 Å². The van der Waals surface area contributed by atoms with Crippen LogP contribution in [0.15, 0.2) is 24.3 Å². The number of carboxylic acids is 1. The van der Waals surface area contributed by atoms with Crippen LogP contribution >= 0.6 is 0 Å². The van der Waals surface area contributed by atoms with Gasteiger partial charge in [0.25, 0.3) is 0 Å². The van der Waals surface area contributed by atoms with Gasteiger partial charge < -0.3 is 15.7 Å². The molecular formula is C18H25FN2O4. The van der Waals surface area contributed by atoms with E-state index in [-0.39, 0.29) is 24.7 Å².